The topological polar surface area (TPSA) is 29.5 Å². The molecular weight excluding hydrogens is 188 g/mol. The molecule has 84 valence electrons. The first-order chi connectivity index (χ1) is 7.14. The van der Waals surface area contributed by atoms with Crippen molar-refractivity contribution in [1.82, 2.24) is 0 Å². The molecule has 1 aromatic carbocycles. The van der Waals surface area contributed by atoms with Gasteiger partial charge < -0.3 is 9.84 Å². The fraction of sp³-hybridized carbons (Fsp3) is 0.538. The fourth-order valence-electron chi connectivity index (χ4n) is 1.52. The minimum Gasteiger partial charge on any atom is -0.387 e. The molecule has 0 fully saturated rings. The zero-order chi connectivity index (χ0) is 11.1. The van der Waals surface area contributed by atoms with Crippen LogP contribution >= 0.6 is 0 Å². The molecule has 1 atom stereocenters. The van der Waals surface area contributed by atoms with Crippen LogP contribution in [0.5, 0.6) is 0 Å². The van der Waals surface area contributed by atoms with Crippen LogP contribution in [0, 0.1) is 0 Å². The van der Waals surface area contributed by atoms with Crippen molar-refractivity contribution >= 4 is 0 Å². The molecule has 0 saturated carbocycles. The van der Waals surface area contributed by atoms with Gasteiger partial charge in [0.05, 0.1) is 12.2 Å². The third-order valence-electron chi connectivity index (χ3n) is 2.19. The third kappa shape index (κ3) is 4.96. The number of aliphatic hydroxyl groups is 1. The largest absolute Gasteiger partial charge is 0.387 e. The molecular formula is C13H20O2. The van der Waals surface area contributed by atoms with E-state index in [-0.39, 0.29) is 0 Å². The first-order valence-corrected chi connectivity index (χ1v) is 5.48. The maximum absolute atomic E-state index is 10.1. The highest BCUT2D eigenvalue weighted by Gasteiger charge is 2.20. The molecule has 1 rings (SSSR count). The highest BCUT2D eigenvalue weighted by molar-refractivity contribution is 5.16. The van der Waals surface area contributed by atoms with E-state index in [4.69, 9.17) is 4.74 Å². The molecule has 1 unspecified atom stereocenters. The molecule has 0 bridgehead atoms. The predicted molar refractivity (Wildman–Crippen MR) is 61.9 cm³/mol. The SMILES string of the molecule is CCCOCC(C)(O)Cc1ccccc1. The minimum absolute atomic E-state index is 0.399. The van der Waals surface area contributed by atoms with Gasteiger partial charge in [-0.25, -0.2) is 0 Å². The van der Waals surface area contributed by atoms with Crippen LogP contribution in [-0.2, 0) is 11.2 Å². The second-order valence-electron chi connectivity index (χ2n) is 4.21. The summed E-state index contributed by atoms with van der Waals surface area (Å²) < 4.78 is 5.37. The summed E-state index contributed by atoms with van der Waals surface area (Å²) in [5.41, 5.74) is 0.374. The van der Waals surface area contributed by atoms with E-state index in [1.807, 2.05) is 37.3 Å². The van der Waals surface area contributed by atoms with Crippen molar-refractivity contribution in [3.8, 4) is 0 Å². The first kappa shape index (κ1) is 12.2. The van der Waals surface area contributed by atoms with Gasteiger partial charge in [0.15, 0.2) is 0 Å². The van der Waals surface area contributed by atoms with Crippen molar-refractivity contribution in [2.45, 2.75) is 32.3 Å². The standard InChI is InChI=1S/C13H20O2/c1-3-9-15-11-13(2,14)10-12-7-5-4-6-8-12/h4-8,14H,3,9-11H2,1-2H3. The van der Waals surface area contributed by atoms with Crippen molar-refractivity contribution in [2.75, 3.05) is 13.2 Å². The zero-order valence-electron chi connectivity index (χ0n) is 9.57. The van der Waals surface area contributed by atoms with Crippen LogP contribution in [0.15, 0.2) is 30.3 Å². The first-order valence-electron chi connectivity index (χ1n) is 5.48. The van der Waals surface area contributed by atoms with Crippen molar-refractivity contribution < 1.29 is 9.84 Å². The number of hydrogen-bond donors (Lipinski definition) is 1. The number of ether oxygens (including phenoxy) is 1. The van der Waals surface area contributed by atoms with E-state index in [9.17, 15) is 5.11 Å². The van der Waals surface area contributed by atoms with E-state index in [0.717, 1.165) is 12.0 Å². The normalized spacial score (nSPS) is 14.9. The van der Waals surface area contributed by atoms with Gasteiger partial charge in [-0.05, 0) is 18.9 Å². The molecule has 0 spiro atoms. The van der Waals surface area contributed by atoms with Gasteiger partial charge in [-0.3, -0.25) is 0 Å². The molecule has 0 saturated heterocycles. The summed E-state index contributed by atoms with van der Waals surface area (Å²) in [6.45, 7) is 4.99. The monoisotopic (exact) mass is 208 g/mol. The maximum Gasteiger partial charge on any atom is 0.0892 e. The minimum atomic E-state index is -0.767. The molecule has 0 amide bonds. The van der Waals surface area contributed by atoms with E-state index in [1.165, 1.54) is 0 Å². The summed E-state index contributed by atoms with van der Waals surface area (Å²) in [5, 5.41) is 10.1. The van der Waals surface area contributed by atoms with Gasteiger partial charge in [0.1, 0.15) is 0 Å². The second kappa shape index (κ2) is 5.89. The quantitative estimate of drug-likeness (QED) is 0.727. The summed E-state index contributed by atoms with van der Waals surface area (Å²) in [6, 6.07) is 9.99. The Hall–Kier alpha value is -0.860. The van der Waals surface area contributed by atoms with Gasteiger partial charge in [0, 0.05) is 13.0 Å². The molecule has 1 aromatic rings. The molecule has 2 heteroatoms. The summed E-state index contributed by atoms with van der Waals surface area (Å²) >= 11 is 0. The fourth-order valence-corrected chi connectivity index (χ4v) is 1.52. The van der Waals surface area contributed by atoms with Gasteiger partial charge in [0.2, 0.25) is 0 Å². The van der Waals surface area contributed by atoms with Gasteiger partial charge >= 0.3 is 0 Å². The van der Waals surface area contributed by atoms with E-state index in [0.29, 0.717) is 19.6 Å². The van der Waals surface area contributed by atoms with E-state index < -0.39 is 5.60 Å². The molecule has 2 nitrogen and oxygen atoms in total. The van der Waals surface area contributed by atoms with Crippen LogP contribution in [0.2, 0.25) is 0 Å². The molecule has 0 heterocycles. The van der Waals surface area contributed by atoms with Crippen molar-refractivity contribution in [3.63, 3.8) is 0 Å². The third-order valence-corrected chi connectivity index (χ3v) is 2.19. The molecule has 0 aromatic heterocycles. The molecule has 1 N–H and O–H groups in total. The lowest BCUT2D eigenvalue weighted by Crippen LogP contribution is -2.33. The van der Waals surface area contributed by atoms with Gasteiger partial charge in [0.25, 0.3) is 0 Å². The maximum atomic E-state index is 10.1. The lowest BCUT2D eigenvalue weighted by Gasteiger charge is -2.23. The highest BCUT2D eigenvalue weighted by Crippen LogP contribution is 2.13. The van der Waals surface area contributed by atoms with Gasteiger partial charge in [-0.1, -0.05) is 37.3 Å². The number of benzene rings is 1. The molecule has 0 aliphatic heterocycles. The Morgan fingerprint density at radius 3 is 2.53 bits per heavy atom. The van der Waals surface area contributed by atoms with Crippen LogP contribution < -0.4 is 0 Å². The summed E-state index contributed by atoms with van der Waals surface area (Å²) in [5.74, 6) is 0. The Morgan fingerprint density at radius 2 is 1.93 bits per heavy atom. The molecule has 0 aliphatic rings. The van der Waals surface area contributed by atoms with Crippen molar-refractivity contribution in [1.29, 1.82) is 0 Å². The number of hydrogen-bond acceptors (Lipinski definition) is 2. The predicted octanol–water partition coefficient (Wildman–Crippen LogP) is 2.41. The highest BCUT2D eigenvalue weighted by atomic mass is 16.5. The Bertz CT molecular complexity index is 267. The summed E-state index contributed by atoms with van der Waals surface area (Å²) in [7, 11) is 0. The average Bonchev–Trinajstić information content (AvgIpc) is 2.18. The molecule has 0 radical (unpaired) electrons. The van der Waals surface area contributed by atoms with E-state index in [2.05, 4.69) is 6.92 Å². The lowest BCUT2D eigenvalue weighted by atomic mass is 9.97. The molecule has 15 heavy (non-hydrogen) atoms. The van der Waals surface area contributed by atoms with Crippen LogP contribution in [0.4, 0.5) is 0 Å². The average molecular weight is 208 g/mol. The zero-order valence-corrected chi connectivity index (χ0v) is 9.57. The van der Waals surface area contributed by atoms with Crippen molar-refractivity contribution in [2.24, 2.45) is 0 Å². The van der Waals surface area contributed by atoms with Crippen LogP contribution in [0.1, 0.15) is 25.8 Å². The summed E-state index contributed by atoms with van der Waals surface area (Å²) in [4.78, 5) is 0. The Balaban J connectivity index is 2.42. The van der Waals surface area contributed by atoms with Crippen LogP contribution in [0.25, 0.3) is 0 Å². The Morgan fingerprint density at radius 1 is 1.27 bits per heavy atom. The lowest BCUT2D eigenvalue weighted by molar-refractivity contribution is -0.0328. The van der Waals surface area contributed by atoms with Gasteiger partial charge in [-0.15, -0.1) is 0 Å². The van der Waals surface area contributed by atoms with Crippen LogP contribution in [0.3, 0.4) is 0 Å². The van der Waals surface area contributed by atoms with Crippen LogP contribution in [-0.4, -0.2) is 23.9 Å². The van der Waals surface area contributed by atoms with Gasteiger partial charge in [-0.2, -0.15) is 0 Å². The molecule has 0 aliphatic carbocycles. The van der Waals surface area contributed by atoms with E-state index >= 15 is 0 Å². The second-order valence-corrected chi connectivity index (χ2v) is 4.21. The Labute approximate surface area is 91.9 Å². The van der Waals surface area contributed by atoms with Crippen molar-refractivity contribution in [3.05, 3.63) is 35.9 Å². The van der Waals surface area contributed by atoms with E-state index in [1.54, 1.807) is 0 Å². The summed E-state index contributed by atoms with van der Waals surface area (Å²) in [6.07, 6.45) is 1.62. The smallest absolute Gasteiger partial charge is 0.0892 e. The Kier molecular flexibility index (Phi) is 4.79. The number of rotatable bonds is 6.